The molecule has 0 radical (unpaired) electrons. The first kappa shape index (κ1) is 15.0. The maximum absolute atomic E-state index is 12.5. The number of urea groups is 1. The smallest absolute Gasteiger partial charge is 0.318 e. The zero-order valence-electron chi connectivity index (χ0n) is 13.0. The number of aromatic nitrogens is 1. The number of nitrogens with one attached hydrogen (secondary N) is 1. The first-order valence-electron chi connectivity index (χ1n) is 7.60. The second kappa shape index (κ2) is 6.48. The number of hydrogen-bond acceptors (Lipinski definition) is 3. The Morgan fingerprint density at radius 2 is 2.23 bits per heavy atom. The fourth-order valence-corrected chi connectivity index (χ4v) is 3.33. The zero-order valence-corrected chi connectivity index (χ0v) is 13.8. The predicted molar refractivity (Wildman–Crippen MR) is 88.8 cm³/mol. The molecule has 1 aromatic heterocycles. The lowest BCUT2D eigenvalue weighted by atomic mass is 9.98. The Labute approximate surface area is 135 Å². The van der Waals surface area contributed by atoms with E-state index in [0.29, 0.717) is 12.5 Å². The summed E-state index contributed by atoms with van der Waals surface area (Å²) in [5.74, 6) is 0.568. The van der Waals surface area contributed by atoms with Gasteiger partial charge in [0.2, 0.25) is 0 Å². The van der Waals surface area contributed by atoms with Crippen molar-refractivity contribution in [1.82, 2.24) is 15.2 Å². The van der Waals surface area contributed by atoms with E-state index in [0.717, 1.165) is 5.01 Å². The van der Waals surface area contributed by atoms with Crippen molar-refractivity contribution in [2.75, 3.05) is 7.05 Å². The molecule has 116 valence electrons. The molecule has 1 aliphatic carbocycles. The van der Waals surface area contributed by atoms with Gasteiger partial charge in [0.15, 0.2) is 0 Å². The summed E-state index contributed by atoms with van der Waals surface area (Å²) in [6.45, 7) is 2.66. The molecule has 0 saturated heterocycles. The Morgan fingerprint density at radius 1 is 1.45 bits per heavy atom. The molecule has 1 heterocycles. The second-order valence-electron chi connectivity index (χ2n) is 5.90. The predicted octanol–water partition coefficient (Wildman–Crippen LogP) is 3.74. The molecule has 2 amide bonds. The van der Waals surface area contributed by atoms with Gasteiger partial charge in [-0.15, -0.1) is 11.3 Å². The lowest BCUT2D eigenvalue weighted by molar-refractivity contribution is 0.201. The number of rotatable bonds is 5. The first-order valence-corrected chi connectivity index (χ1v) is 8.48. The van der Waals surface area contributed by atoms with Crippen molar-refractivity contribution in [3.8, 4) is 0 Å². The molecule has 22 heavy (non-hydrogen) atoms. The topological polar surface area (TPSA) is 45.2 Å². The van der Waals surface area contributed by atoms with Crippen LogP contribution in [0.4, 0.5) is 4.79 Å². The van der Waals surface area contributed by atoms with E-state index in [-0.39, 0.29) is 12.1 Å². The van der Waals surface area contributed by atoms with E-state index in [1.54, 1.807) is 22.4 Å². The van der Waals surface area contributed by atoms with E-state index in [9.17, 15) is 4.79 Å². The minimum absolute atomic E-state index is 0.0321. The minimum Gasteiger partial charge on any atom is -0.331 e. The Morgan fingerprint density at radius 3 is 2.86 bits per heavy atom. The van der Waals surface area contributed by atoms with Gasteiger partial charge in [-0.25, -0.2) is 9.78 Å². The van der Waals surface area contributed by atoms with Crippen LogP contribution in [-0.4, -0.2) is 23.0 Å². The molecule has 1 aliphatic rings. The molecule has 1 fully saturated rings. The van der Waals surface area contributed by atoms with Crippen molar-refractivity contribution in [3.63, 3.8) is 0 Å². The average molecular weight is 315 g/mol. The second-order valence-corrected chi connectivity index (χ2v) is 6.88. The van der Waals surface area contributed by atoms with Crippen LogP contribution in [0.15, 0.2) is 35.8 Å². The Bertz CT molecular complexity index is 637. The van der Waals surface area contributed by atoms with Crippen LogP contribution in [-0.2, 0) is 6.54 Å². The van der Waals surface area contributed by atoms with E-state index in [4.69, 9.17) is 0 Å². The number of thiazole rings is 1. The van der Waals surface area contributed by atoms with Crippen molar-refractivity contribution in [3.05, 3.63) is 52.0 Å². The average Bonchev–Trinajstić information content (AvgIpc) is 3.23. The maximum Gasteiger partial charge on any atom is 0.318 e. The van der Waals surface area contributed by atoms with E-state index in [2.05, 4.69) is 29.4 Å². The van der Waals surface area contributed by atoms with Gasteiger partial charge in [0, 0.05) is 18.6 Å². The van der Waals surface area contributed by atoms with Gasteiger partial charge in [0.25, 0.3) is 0 Å². The van der Waals surface area contributed by atoms with Crippen molar-refractivity contribution in [2.45, 2.75) is 32.4 Å². The maximum atomic E-state index is 12.5. The summed E-state index contributed by atoms with van der Waals surface area (Å²) in [4.78, 5) is 18.4. The Kier molecular flexibility index (Phi) is 4.43. The van der Waals surface area contributed by atoms with Crippen molar-refractivity contribution in [1.29, 1.82) is 0 Å². The standard InChI is InChI=1S/C17H21N3OS/c1-12-5-3-4-6-14(12)16(13-7-8-13)19-17(21)20(2)11-15-18-9-10-22-15/h3-6,9-10,13,16H,7-8,11H2,1-2H3,(H,19,21)/t16-/m1/s1. The molecule has 0 unspecified atom stereocenters. The monoisotopic (exact) mass is 315 g/mol. The lowest BCUT2D eigenvalue weighted by Gasteiger charge is -2.24. The first-order chi connectivity index (χ1) is 10.6. The van der Waals surface area contributed by atoms with Gasteiger partial charge in [-0.3, -0.25) is 0 Å². The van der Waals surface area contributed by atoms with E-state index in [1.807, 2.05) is 24.6 Å². The van der Waals surface area contributed by atoms with Gasteiger partial charge in [-0.1, -0.05) is 24.3 Å². The molecule has 1 N–H and O–H groups in total. The van der Waals surface area contributed by atoms with Crippen LogP contribution in [0.25, 0.3) is 0 Å². The van der Waals surface area contributed by atoms with Crippen LogP contribution in [0.2, 0.25) is 0 Å². The molecule has 4 nitrogen and oxygen atoms in total. The SMILES string of the molecule is Cc1ccccc1[C@H](NC(=O)N(C)Cc1nccs1)C1CC1. The number of benzene rings is 1. The molecule has 1 atom stereocenters. The Balaban J connectivity index is 1.68. The number of amides is 2. The van der Waals surface area contributed by atoms with Crippen molar-refractivity contribution in [2.24, 2.45) is 5.92 Å². The highest BCUT2D eigenvalue weighted by Gasteiger charge is 2.34. The molecule has 3 rings (SSSR count). The van der Waals surface area contributed by atoms with Crippen molar-refractivity contribution < 1.29 is 4.79 Å². The fraction of sp³-hybridized carbons (Fsp3) is 0.412. The third-order valence-electron chi connectivity index (χ3n) is 4.10. The third kappa shape index (κ3) is 3.47. The lowest BCUT2D eigenvalue weighted by Crippen LogP contribution is -2.39. The van der Waals surface area contributed by atoms with Crippen LogP contribution in [0.1, 0.15) is 35.0 Å². The highest BCUT2D eigenvalue weighted by atomic mass is 32.1. The molecule has 0 aliphatic heterocycles. The number of hydrogen-bond donors (Lipinski definition) is 1. The summed E-state index contributed by atoms with van der Waals surface area (Å²) >= 11 is 1.57. The van der Waals surface area contributed by atoms with Gasteiger partial charge < -0.3 is 10.2 Å². The highest BCUT2D eigenvalue weighted by molar-refractivity contribution is 7.09. The molecule has 0 bridgehead atoms. The van der Waals surface area contributed by atoms with Crippen LogP contribution < -0.4 is 5.32 Å². The largest absolute Gasteiger partial charge is 0.331 e. The summed E-state index contributed by atoms with van der Waals surface area (Å²) < 4.78 is 0. The number of carbonyl (C=O) groups is 1. The van der Waals surface area contributed by atoms with Gasteiger partial charge in [0.1, 0.15) is 5.01 Å². The fourth-order valence-electron chi connectivity index (χ4n) is 2.66. The highest BCUT2D eigenvalue weighted by Crippen LogP contribution is 2.41. The van der Waals surface area contributed by atoms with Crippen molar-refractivity contribution >= 4 is 17.4 Å². The van der Waals surface area contributed by atoms with Crippen LogP contribution in [0.5, 0.6) is 0 Å². The van der Waals surface area contributed by atoms with Crippen LogP contribution in [0, 0.1) is 12.8 Å². The molecular weight excluding hydrogens is 294 g/mol. The third-order valence-corrected chi connectivity index (χ3v) is 4.86. The number of nitrogens with zero attached hydrogens (tertiary/aromatic N) is 2. The normalized spacial score (nSPS) is 15.4. The molecule has 1 aromatic carbocycles. The Hall–Kier alpha value is -1.88. The summed E-state index contributed by atoms with van der Waals surface area (Å²) in [6, 6.07) is 8.40. The quantitative estimate of drug-likeness (QED) is 0.913. The van der Waals surface area contributed by atoms with Crippen LogP contribution in [0.3, 0.4) is 0 Å². The van der Waals surface area contributed by atoms with E-state index in [1.165, 1.54) is 24.0 Å². The van der Waals surface area contributed by atoms with Gasteiger partial charge >= 0.3 is 6.03 Å². The summed E-state index contributed by atoms with van der Waals surface area (Å²) in [5, 5.41) is 6.10. The van der Waals surface area contributed by atoms with E-state index >= 15 is 0 Å². The van der Waals surface area contributed by atoms with Gasteiger partial charge in [0.05, 0.1) is 12.6 Å². The van der Waals surface area contributed by atoms with E-state index < -0.39 is 0 Å². The molecule has 1 saturated carbocycles. The number of aryl methyl sites for hydroxylation is 1. The van der Waals surface area contributed by atoms with Crippen LogP contribution >= 0.6 is 11.3 Å². The summed E-state index contributed by atoms with van der Waals surface area (Å²) in [6.07, 6.45) is 4.15. The summed E-state index contributed by atoms with van der Waals surface area (Å²) in [7, 11) is 1.82. The molecular formula is C17H21N3OS. The minimum atomic E-state index is -0.0321. The molecule has 2 aromatic rings. The summed E-state index contributed by atoms with van der Waals surface area (Å²) in [5.41, 5.74) is 2.48. The van der Waals surface area contributed by atoms with Gasteiger partial charge in [-0.2, -0.15) is 0 Å². The molecule has 5 heteroatoms. The number of carbonyl (C=O) groups excluding carboxylic acids is 1. The van der Waals surface area contributed by atoms with Gasteiger partial charge in [-0.05, 0) is 36.8 Å². The zero-order chi connectivity index (χ0) is 15.5. The molecule has 0 spiro atoms.